The van der Waals surface area contributed by atoms with Crippen LogP contribution in [0.3, 0.4) is 0 Å². The maximum atomic E-state index is 12.8. The monoisotopic (exact) mass is 367 g/mol. The summed E-state index contributed by atoms with van der Waals surface area (Å²) in [4.78, 5) is 16.0. The summed E-state index contributed by atoms with van der Waals surface area (Å²) in [5, 5.41) is 0. The minimum atomic E-state index is -3.63. The molecule has 0 aliphatic carbocycles. The van der Waals surface area contributed by atoms with Crippen molar-refractivity contribution in [3.05, 3.63) is 18.2 Å². The molecule has 0 saturated carbocycles. The van der Waals surface area contributed by atoms with Gasteiger partial charge in [-0.3, -0.25) is 4.79 Å². The fraction of sp³-hybridized carbons (Fsp3) is 0.588. The highest BCUT2D eigenvalue weighted by atomic mass is 32.2. The van der Waals surface area contributed by atoms with E-state index in [1.807, 2.05) is 7.05 Å². The highest BCUT2D eigenvalue weighted by Gasteiger charge is 2.28. The van der Waals surface area contributed by atoms with Crippen molar-refractivity contribution in [2.45, 2.75) is 36.6 Å². The fourth-order valence-electron chi connectivity index (χ4n) is 3.36. The van der Waals surface area contributed by atoms with Crippen molar-refractivity contribution in [3.63, 3.8) is 0 Å². The molecule has 0 radical (unpaired) electrons. The molecule has 138 valence electrons. The maximum Gasteiger partial charge on any atom is 0.240 e. The lowest BCUT2D eigenvalue weighted by Crippen LogP contribution is -2.43. The summed E-state index contributed by atoms with van der Waals surface area (Å²) >= 11 is 0. The molecule has 7 nitrogen and oxygen atoms in total. The van der Waals surface area contributed by atoms with Crippen molar-refractivity contribution in [2.24, 2.45) is 0 Å². The van der Waals surface area contributed by atoms with E-state index in [-0.39, 0.29) is 16.8 Å². The van der Waals surface area contributed by atoms with Gasteiger partial charge in [0.05, 0.1) is 17.7 Å². The van der Waals surface area contributed by atoms with Gasteiger partial charge in [-0.25, -0.2) is 13.1 Å². The normalized spacial score (nSPS) is 20.2. The molecule has 2 aliphatic rings. The molecule has 1 aromatic rings. The molecule has 2 saturated heterocycles. The van der Waals surface area contributed by atoms with Crippen LogP contribution in [0.5, 0.6) is 5.75 Å². The van der Waals surface area contributed by atoms with Crippen LogP contribution in [0.4, 0.5) is 5.69 Å². The van der Waals surface area contributed by atoms with Crippen LogP contribution in [0, 0.1) is 0 Å². The quantitative estimate of drug-likeness (QED) is 0.846. The first-order chi connectivity index (χ1) is 11.9. The number of nitrogens with one attached hydrogen (secondary N) is 1. The van der Waals surface area contributed by atoms with Crippen LogP contribution in [-0.4, -0.2) is 59.1 Å². The Bertz CT molecular complexity index is 742. The maximum absolute atomic E-state index is 12.8. The highest BCUT2D eigenvalue weighted by Crippen LogP contribution is 2.33. The molecule has 0 bridgehead atoms. The zero-order chi connectivity index (χ0) is 18.0. The van der Waals surface area contributed by atoms with Crippen molar-refractivity contribution < 1.29 is 17.9 Å². The van der Waals surface area contributed by atoms with Crippen LogP contribution in [0.25, 0.3) is 0 Å². The van der Waals surface area contributed by atoms with E-state index >= 15 is 0 Å². The predicted octanol–water partition coefficient (Wildman–Crippen LogP) is 1.19. The number of hydrogen-bond donors (Lipinski definition) is 1. The smallest absolute Gasteiger partial charge is 0.240 e. The minimum Gasteiger partial charge on any atom is -0.495 e. The fourth-order valence-corrected chi connectivity index (χ4v) is 4.69. The van der Waals surface area contributed by atoms with Gasteiger partial charge < -0.3 is 14.5 Å². The summed E-state index contributed by atoms with van der Waals surface area (Å²) in [6, 6.07) is 4.63. The van der Waals surface area contributed by atoms with E-state index in [0.717, 1.165) is 32.4 Å². The van der Waals surface area contributed by atoms with E-state index in [4.69, 9.17) is 4.74 Å². The molecule has 0 spiro atoms. The SMILES string of the molecule is COc1ccc(S(=O)(=O)NC2CCN(C)CC2)cc1N1CCCC1=O. The number of hydrogen-bond acceptors (Lipinski definition) is 5. The number of likely N-dealkylation sites (tertiary alicyclic amines) is 1. The zero-order valence-corrected chi connectivity index (χ0v) is 15.5. The third-order valence-corrected chi connectivity index (χ3v) is 6.38. The number of carbonyl (C=O) groups excluding carboxylic acids is 1. The molecule has 0 atom stereocenters. The molecule has 3 rings (SSSR count). The lowest BCUT2D eigenvalue weighted by Gasteiger charge is -2.29. The van der Waals surface area contributed by atoms with Crippen molar-refractivity contribution in [1.29, 1.82) is 0 Å². The van der Waals surface area contributed by atoms with E-state index in [1.54, 1.807) is 17.0 Å². The molecule has 1 N–H and O–H groups in total. The van der Waals surface area contributed by atoms with Gasteiger partial charge in [-0.1, -0.05) is 0 Å². The van der Waals surface area contributed by atoms with E-state index in [0.29, 0.717) is 24.4 Å². The lowest BCUT2D eigenvalue weighted by molar-refractivity contribution is -0.117. The molecule has 8 heteroatoms. The number of anilines is 1. The second-order valence-corrected chi connectivity index (χ2v) is 8.40. The highest BCUT2D eigenvalue weighted by molar-refractivity contribution is 7.89. The van der Waals surface area contributed by atoms with Crippen LogP contribution < -0.4 is 14.4 Å². The first kappa shape index (κ1) is 18.2. The molecule has 0 aromatic heterocycles. The van der Waals surface area contributed by atoms with Crippen molar-refractivity contribution in [3.8, 4) is 5.75 Å². The number of benzene rings is 1. The van der Waals surface area contributed by atoms with Gasteiger partial charge in [0.25, 0.3) is 0 Å². The predicted molar refractivity (Wildman–Crippen MR) is 95.4 cm³/mol. The van der Waals surface area contributed by atoms with Gasteiger partial charge in [0.15, 0.2) is 0 Å². The van der Waals surface area contributed by atoms with E-state index < -0.39 is 10.0 Å². The molecular formula is C17H25N3O4S. The van der Waals surface area contributed by atoms with Gasteiger partial charge in [-0.15, -0.1) is 0 Å². The Morgan fingerprint density at radius 1 is 1.20 bits per heavy atom. The number of amides is 1. The molecule has 2 heterocycles. The Kier molecular flexibility index (Phi) is 5.31. The number of ether oxygens (including phenoxy) is 1. The third-order valence-electron chi connectivity index (χ3n) is 4.87. The van der Waals surface area contributed by atoms with Crippen LogP contribution in [-0.2, 0) is 14.8 Å². The van der Waals surface area contributed by atoms with Crippen LogP contribution in [0.1, 0.15) is 25.7 Å². The van der Waals surface area contributed by atoms with Gasteiger partial charge in [0.1, 0.15) is 5.75 Å². The summed E-state index contributed by atoms with van der Waals surface area (Å²) in [5.74, 6) is 0.504. The van der Waals surface area contributed by atoms with Crippen molar-refractivity contribution >= 4 is 21.6 Å². The lowest BCUT2D eigenvalue weighted by atomic mass is 10.1. The first-order valence-electron chi connectivity index (χ1n) is 8.60. The Balaban J connectivity index is 1.84. The summed E-state index contributed by atoms with van der Waals surface area (Å²) in [7, 11) is -0.0805. The van der Waals surface area contributed by atoms with Crippen LogP contribution in [0.2, 0.25) is 0 Å². The summed E-state index contributed by atoms with van der Waals surface area (Å²) in [5.41, 5.74) is 0.524. The second kappa shape index (κ2) is 7.31. The van der Waals surface area contributed by atoms with Gasteiger partial charge in [-0.05, 0) is 57.6 Å². The van der Waals surface area contributed by atoms with Gasteiger partial charge in [0, 0.05) is 19.0 Å². The Hall–Kier alpha value is -1.64. The number of nitrogens with zero attached hydrogens (tertiary/aromatic N) is 2. The number of piperidine rings is 1. The zero-order valence-electron chi connectivity index (χ0n) is 14.7. The average Bonchev–Trinajstić information content (AvgIpc) is 3.02. The van der Waals surface area contributed by atoms with Crippen molar-refractivity contribution in [2.75, 3.05) is 38.7 Å². The Morgan fingerprint density at radius 2 is 1.92 bits per heavy atom. The van der Waals surface area contributed by atoms with Gasteiger partial charge in [-0.2, -0.15) is 0 Å². The number of sulfonamides is 1. The molecule has 25 heavy (non-hydrogen) atoms. The van der Waals surface area contributed by atoms with Crippen LogP contribution >= 0.6 is 0 Å². The van der Waals surface area contributed by atoms with E-state index in [9.17, 15) is 13.2 Å². The summed E-state index contributed by atoms with van der Waals surface area (Å²) in [6.45, 7) is 2.34. The van der Waals surface area contributed by atoms with Crippen molar-refractivity contribution in [1.82, 2.24) is 9.62 Å². The first-order valence-corrected chi connectivity index (χ1v) is 10.1. The average molecular weight is 367 g/mol. The summed E-state index contributed by atoms with van der Waals surface area (Å²) in [6.07, 6.45) is 2.84. The number of carbonyl (C=O) groups is 1. The minimum absolute atomic E-state index is 0.00359. The topological polar surface area (TPSA) is 79.0 Å². The Morgan fingerprint density at radius 3 is 2.52 bits per heavy atom. The van der Waals surface area contributed by atoms with Gasteiger partial charge in [0.2, 0.25) is 15.9 Å². The molecule has 1 amide bonds. The second-order valence-electron chi connectivity index (χ2n) is 6.68. The molecule has 1 aromatic carbocycles. The number of rotatable bonds is 5. The summed E-state index contributed by atoms with van der Waals surface area (Å²) < 4.78 is 33.6. The number of methoxy groups -OCH3 is 1. The van der Waals surface area contributed by atoms with E-state index in [1.165, 1.54) is 13.2 Å². The third kappa shape index (κ3) is 3.96. The largest absolute Gasteiger partial charge is 0.495 e. The Labute approximate surface area is 149 Å². The molecule has 0 unspecified atom stereocenters. The van der Waals surface area contributed by atoms with Gasteiger partial charge >= 0.3 is 0 Å². The van der Waals surface area contributed by atoms with Crippen LogP contribution in [0.15, 0.2) is 23.1 Å². The molecule has 2 fully saturated rings. The standard InChI is InChI=1S/C17H25N3O4S/c1-19-10-7-13(8-11-19)18-25(22,23)14-5-6-16(24-2)15(12-14)20-9-3-4-17(20)21/h5-6,12-13,18H,3-4,7-11H2,1-2H3. The van der Waals surface area contributed by atoms with E-state index in [2.05, 4.69) is 9.62 Å². The molecule has 2 aliphatic heterocycles. The molecular weight excluding hydrogens is 342 g/mol.